The molecule has 0 bridgehead atoms. The third-order valence-corrected chi connectivity index (χ3v) is 3.92. The molecule has 1 fully saturated rings. The molecule has 1 atom stereocenters. The molecule has 1 saturated carbocycles. The smallest absolute Gasteiger partial charge is 0.202 e. The van der Waals surface area contributed by atoms with Crippen molar-refractivity contribution in [3.63, 3.8) is 0 Å². The second-order valence-corrected chi connectivity index (χ2v) is 5.76. The Morgan fingerprint density at radius 1 is 1.29 bits per heavy atom. The summed E-state index contributed by atoms with van der Waals surface area (Å²) < 4.78 is 4.44. The van der Waals surface area contributed by atoms with Crippen LogP contribution in [-0.4, -0.2) is 15.4 Å². The first-order chi connectivity index (χ1) is 8.33. The fourth-order valence-corrected chi connectivity index (χ4v) is 2.79. The Morgan fingerprint density at radius 2 is 2.12 bits per heavy atom. The summed E-state index contributed by atoms with van der Waals surface area (Å²) in [6, 6.07) is 0.583. The molecule has 96 valence electrons. The van der Waals surface area contributed by atoms with Gasteiger partial charge in [0.2, 0.25) is 5.13 Å². The maximum atomic E-state index is 4.60. The summed E-state index contributed by atoms with van der Waals surface area (Å²) in [5, 5.41) is 4.59. The lowest BCUT2D eigenvalue weighted by Crippen LogP contribution is -2.19. The minimum atomic E-state index is 0.583. The van der Waals surface area contributed by atoms with Crippen LogP contribution in [0.3, 0.4) is 0 Å². The SMILES string of the molecule is CCCCC(CCC)Nc1nc(C2CC2)ns1. The van der Waals surface area contributed by atoms with E-state index < -0.39 is 0 Å². The van der Waals surface area contributed by atoms with E-state index in [2.05, 4.69) is 28.5 Å². The van der Waals surface area contributed by atoms with E-state index in [4.69, 9.17) is 0 Å². The molecule has 0 aliphatic heterocycles. The van der Waals surface area contributed by atoms with Crippen molar-refractivity contribution in [2.75, 3.05) is 5.32 Å². The van der Waals surface area contributed by atoms with Crippen molar-refractivity contribution in [3.05, 3.63) is 5.82 Å². The number of aromatic nitrogens is 2. The van der Waals surface area contributed by atoms with Gasteiger partial charge in [-0.2, -0.15) is 4.37 Å². The Labute approximate surface area is 108 Å². The fourth-order valence-electron chi connectivity index (χ4n) is 2.06. The molecule has 0 radical (unpaired) electrons. The van der Waals surface area contributed by atoms with Crippen LogP contribution >= 0.6 is 11.5 Å². The summed E-state index contributed by atoms with van der Waals surface area (Å²) in [5.74, 6) is 1.74. The number of anilines is 1. The van der Waals surface area contributed by atoms with Crippen molar-refractivity contribution >= 4 is 16.7 Å². The van der Waals surface area contributed by atoms with Crippen LogP contribution in [0.4, 0.5) is 5.13 Å². The van der Waals surface area contributed by atoms with Crippen molar-refractivity contribution in [3.8, 4) is 0 Å². The lowest BCUT2D eigenvalue weighted by molar-refractivity contribution is 0.564. The van der Waals surface area contributed by atoms with Crippen LogP contribution in [0.1, 0.15) is 70.5 Å². The molecule has 2 rings (SSSR count). The highest BCUT2D eigenvalue weighted by Gasteiger charge is 2.28. The van der Waals surface area contributed by atoms with Gasteiger partial charge < -0.3 is 5.32 Å². The second kappa shape index (κ2) is 6.34. The second-order valence-electron chi connectivity index (χ2n) is 5.00. The van der Waals surface area contributed by atoms with E-state index in [0.29, 0.717) is 12.0 Å². The summed E-state index contributed by atoms with van der Waals surface area (Å²) >= 11 is 1.53. The standard InChI is InChI=1S/C13H23N3S/c1-3-5-7-11(6-4-2)14-13-15-12(16-17-13)10-8-9-10/h10-11H,3-9H2,1-2H3,(H,14,15,16). The quantitative estimate of drug-likeness (QED) is 0.755. The molecule has 1 unspecified atom stereocenters. The highest BCUT2D eigenvalue weighted by molar-refractivity contribution is 7.09. The molecule has 17 heavy (non-hydrogen) atoms. The molecule has 3 nitrogen and oxygen atoms in total. The zero-order valence-electron chi connectivity index (χ0n) is 10.9. The van der Waals surface area contributed by atoms with Gasteiger partial charge in [0, 0.05) is 23.5 Å². The number of nitrogens with zero attached hydrogens (tertiary/aromatic N) is 2. The van der Waals surface area contributed by atoms with E-state index in [1.54, 1.807) is 0 Å². The first-order valence-corrected chi connectivity index (χ1v) is 7.71. The average Bonchev–Trinajstić information content (AvgIpc) is 3.08. The van der Waals surface area contributed by atoms with E-state index >= 15 is 0 Å². The maximum Gasteiger partial charge on any atom is 0.202 e. The normalized spacial score (nSPS) is 17.1. The van der Waals surface area contributed by atoms with Gasteiger partial charge in [-0.3, -0.25) is 0 Å². The topological polar surface area (TPSA) is 37.8 Å². The summed E-state index contributed by atoms with van der Waals surface area (Å²) in [5.41, 5.74) is 0. The van der Waals surface area contributed by atoms with Crippen LogP contribution in [0.2, 0.25) is 0 Å². The Morgan fingerprint density at radius 3 is 2.76 bits per heavy atom. The molecule has 0 aromatic carbocycles. The number of unbranched alkanes of at least 4 members (excludes halogenated alkanes) is 1. The Hall–Kier alpha value is -0.640. The van der Waals surface area contributed by atoms with E-state index in [0.717, 1.165) is 11.0 Å². The van der Waals surface area contributed by atoms with E-state index in [9.17, 15) is 0 Å². The van der Waals surface area contributed by atoms with Gasteiger partial charge in [-0.05, 0) is 25.7 Å². The third kappa shape index (κ3) is 3.95. The molecule has 0 spiro atoms. The van der Waals surface area contributed by atoms with E-state index in [1.165, 1.54) is 56.5 Å². The summed E-state index contributed by atoms with van der Waals surface area (Å²) in [7, 11) is 0. The molecule has 1 aromatic rings. The molecule has 1 aliphatic rings. The number of nitrogens with one attached hydrogen (secondary N) is 1. The van der Waals surface area contributed by atoms with Crippen molar-refractivity contribution in [1.82, 2.24) is 9.36 Å². The van der Waals surface area contributed by atoms with Crippen LogP contribution < -0.4 is 5.32 Å². The zero-order valence-corrected chi connectivity index (χ0v) is 11.7. The molecule has 0 saturated heterocycles. The van der Waals surface area contributed by atoms with Gasteiger partial charge in [0.25, 0.3) is 0 Å². The minimum absolute atomic E-state index is 0.583. The lowest BCUT2D eigenvalue weighted by atomic mass is 10.1. The molecule has 1 heterocycles. The highest BCUT2D eigenvalue weighted by atomic mass is 32.1. The van der Waals surface area contributed by atoms with Gasteiger partial charge in [0.15, 0.2) is 0 Å². The van der Waals surface area contributed by atoms with Gasteiger partial charge in [-0.15, -0.1) is 0 Å². The van der Waals surface area contributed by atoms with Crippen molar-refractivity contribution in [1.29, 1.82) is 0 Å². The molecule has 1 aromatic heterocycles. The van der Waals surface area contributed by atoms with Crippen molar-refractivity contribution in [2.24, 2.45) is 0 Å². The molecular weight excluding hydrogens is 230 g/mol. The molecule has 0 amide bonds. The third-order valence-electron chi connectivity index (χ3n) is 3.26. The molecule has 1 aliphatic carbocycles. The fraction of sp³-hybridized carbons (Fsp3) is 0.846. The molecule has 4 heteroatoms. The maximum absolute atomic E-state index is 4.60. The Balaban J connectivity index is 1.85. The number of rotatable bonds is 8. The van der Waals surface area contributed by atoms with Gasteiger partial charge in [-0.1, -0.05) is 33.1 Å². The molecular formula is C13H23N3S. The minimum Gasteiger partial charge on any atom is -0.358 e. The summed E-state index contributed by atoms with van der Waals surface area (Å²) in [4.78, 5) is 4.60. The average molecular weight is 253 g/mol. The first kappa shape index (κ1) is 12.8. The highest BCUT2D eigenvalue weighted by Crippen LogP contribution is 2.39. The molecule has 1 N–H and O–H groups in total. The number of hydrogen-bond donors (Lipinski definition) is 1. The largest absolute Gasteiger partial charge is 0.358 e. The Kier molecular flexibility index (Phi) is 4.77. The summed E-state index contributed by atoms with van der Waals surface area (Å²) in [6.07, 6.45) is 8.85. The first-order valence-electron chi connectivity index (χ1n) is 6.93. The predicted molar refractivity (Wildman–Crippen MR) is 73.7 cm³/mol. The van der Waals surface area contributed by atoms with Gasteiger partial charge in [-0.25, -0.2) is 4.98 Å². The van der Waals surface area contributed by atoms with E-state index in [-0.39, 0.29) is 0 Å². The van der Waals surface area contributed by atoms with E-state index in [1.807, 2.05) is 0 Å². The number of hydrogen-bond acceptors (Lipinski definition) is 4. The van der Waals surface area contributed by atoms with Crippen LogP contribution in [0.15, 0.2) is 0 Å². The van der Waals surface area contributed by atoms with Crippen molar-refractivity contribution < 1.29 is 0 Å². The van der Waals surface area contributed by atoms with Crippen molar-refractivity contribution in [2.45, 2.75) is 70.8 Å². The van der Waals surface area contributed by atoms with Crippen LogP contribution in [-0.2, 0) is 0 Å². The predicted octanol–water partition coefficient (Wildman–Crippen LogP) is 4.19. The monoisotopic (exact) mass is 253 g/mol. The van der Waals surface area contributed by atoms with Gasteiger partial charge >= 0.3 is 0 Å². The zero-order chi connectivity index (χ0) is 12.1. The Bertz CT molecular complexity index is 333. The van der Waals surface area contributed by atoms with Gasteiger partial charge in [0.1, 0.15) is 5.82 Å². The van der Waals surface area contributed by atoms with Crippen LogP contribution in [0, 0.1) is 0 Å². The van der Waals surface area contributed by atoms with Gasteiger partial charge in [0.05, 0.1) is 0 Å². The van der Waals surface area contributed by atoms with Crippen LogP contribution in [0.25, 0.3) is 0 Å². The lowest BCUT2D eigenvalue weighted by Gasteiger charge is -2.16. The van der Waals surface area contributed by atoms with Crippen LogP contribution in [0.5, 0.6) is 0 Å². The summed E-state index contributed by atoms with van der Waals surface area (Å²) in [6.45, 7) is 4.50.